The van der Waals surface area contributed by atoms with Crippen LogP contribution in [0.15, 0.2) is 65.6 Å². The Morgan fingerprint density at radius 3 is 2.37 bits per heavy atom. The van der Waals surface area contributed by atoms with Crippen LogP contribution in [0.25, 0.3) is 11.1 Å². The molecule has 0 fully saturated rings. The molecule has 1 amide bonds. The summed E-state index contributed by atoms with van der Waals surface area (Å²) >= 11 is 0. The summed E-state index contributed by atoms with van der Waals surface area (Å²) in [4.78, 5) is 13.0. The van der Waals surface area contributed by atoms with Crippen molar-refractivity contribution >= 4 is 21.6 Å². The second-order valence-corrected chi connectivity index (χ2v) is 11.8. The monoisotopic (exact) mass is 492 g/mol. The van der Waals surface area contributed by atoms with Crippen molar-refractivity contribution in [3.8, 4) is 16.9 Å². The Kier molecular flexibility index (Phi) is 6.64. The van der Waals surface area contributed by atoms with Gasteiger partial charge in [-0.05, 0) is 60.2 Å². The van der Waals surface area contributed by atoms with Gasteiger partial charge in [0.1, 0.15) is 18.9 Å². The third-order valence-corrected chi connectivity index (χ3v) is 7.97. The highest BCUT2D eigenvalue weighted by atomic mass is 32.2. The van der Waals surface area contributed by atoms with Gasteiger partial charge in [0.2, 0.25) is 5.91 Å². The molecule has 1 aliphatic heterocycles. The summed E-state index contributed by atoms with van der Waals surface area (Å²) in [6.07, 6.45) is 0. The topological polar surface area (TPSA) is 75.7 Å². The molecule has 0 saturated heterocycles. The van der Waals surface area contributed by atoms with Gasteiger partial charge in [0, 0.05) is 11.1 Å². The number of ether oxygens (including phenoxy) is 1. The second-order valence-electron chi connectivity index (χ2n) is 9.96. The van der Waals surface area contributed by atoms with Crippen LogP contribution in [0.5, 0.6) is 5.75 Å². The van der Waals surface area contributed by atoms with E-state index in [4.69, 9.17) is 4.74 Å². The van der Waals surface area contributed by atoms with E-state index in [1.807, 2.05) is 62.4 Å². The Balaban J connectivity index is 1.45. The van der Waals surface area contributed by atoms with Crippen molar-refractivity contribution in [2.45, 2.75) is 44.9 Å². The molecule has 0 bridgehead atoms. The molecule has 0 aromatic heterocycles. The molecule has 4 rings (SSSR count). The summed E-state index contributed by atoms with van der Waals surface area (Å²) in [7, 11) is -3.87. The molecule has 3 aromatic carbocycles. The molecular weight excluding hydrogens is 460 g/mol. The molecule has 35 heavy (non-hydrogen) atoms. The fourth-order valence-corrected chi connectivity index (χ4v) is 6.03. The van der Waals surface area contributed by atoms with Gasteiger partial charge in [0.05, 0.1) is 17.1 Å². The number of carbonyl (C=O) groups is 1. The molecule has 7 heteroatoms. The minimum Gasteiger partial charge on any atom is -0.492 e. The molecule has 1 N–H and O–H groups in total. The van der Waals surface area contributed by atoms with Gasteiger partial charge in [0.15, 0.2) is 0 Å². The lowest BCUT2D eigenvalue weighted by molar-refractivity contribution is -0.119. The fraction of sp³-hybridized carbons (Fsp3) is 0.321. The number of hydrogen-bond donors (Lipinski definition) is 1. The summed E-state index contributed by atoms with van der Waals surface area (Å²) in [5.74, 6) is 0.340. The number of amides is 1. The molecule has 6 nitrogen and oxygen atoms in total. The number of anilines is 1. The minimum atomic E-state index is -3.87. The van der Waals surface area contributed by atoms with Crippen LogP contribution in [0.4, 0.5) is 5.69 Å². The third-order valence-electron chi connectivity index (χ3n) is 6.15. The summed E-state index contributed by atoms with van der Waals surface area (Å²) < 4.78 is 33.9. The maximum Gasteiger partial charge on any atom is 0.265 e. The van der Waals surface area contributed by atoms with Crippen molar-refractivity contribution in [3.05, 3.63) is 77.4 Å². The molecule has 0 atom stereocenters. The lowest BCUT2D eigenvalue weighted by Gasteiger charge is -2.33. The van der Waals surface area contributed by atoms with E-state index in [9.17, 15) is 13.2 Å². The molecular formula is C28H32N2O4S. The van der Waals surface area contributed by atoms with Crippen LogP contribution < -0.4 is 14.4 Å². The van der Waals surface area contributed by atoms with E-state index in [1.54, 1.807) is 12.1 Å². The van der Waals surface area contributed by atoms with Gasteiger partial charge < -0.3 is 10.1 Å². The van der Waals surface area contributed by atoms with E-state index in [-0.39, 0.29) is 35.9 Å². The van der Waals surface area contributed by atoms with E-state index in [1.165, 1.54) is 9.87 Å². The molecule has 0 aliphatic carbocycles. The maximum absolute atomic E-state index is 13.5. The van der Waals surface area contributed by atoms with E-state index in [0.717, 1.165) is 22.4 Å². The van der Waals surface area contributed by atoms with Crippen molar-refractivity contribution in [2.75, 3.05) is 24.0 Å². The first-order valence-electron chi connectivity index (χ1n) is 11.7. The average molecular weight is 493 g/mol. The van der Waals surface area contributed by atoms with Gasteiger partial charge in [-0.25, -0.2) is 8.42 Å². The van der Waals surface area contributed by atoms with Crippen molar-refractivity contribution in [1.82, 2.24) is 5.32 Å². The van der Waals surface area contributed by atoms with Gasteiger partial charge in [-0.2, -0.15) is 0 Å². The summed E-state index contributed by atoms with van der Waals surface area (Å²) in [5, 5.41) is 2.79. The van der Waals surface area contributed by atoms with Crippen LogP contribution in [-0.4, -0.2) is 34.0 Å². The first-order valence-corrected chi connectivity index (χ1v) is 13.2. The number of hydrogen-bond acceptors (Lipinski definition) is 4. The Hall–Kier alpha value is -3.32. The smallest absolute Gasteiger partial charge is 0.265 e. The lowest BCUT2D eigenvalue weighted by Crippen LogP contribution is -2.43. The third kappa shape index (κ3) is 5.05. The zero-order chi connectivity index (χ0) is 25.4. The van der Waals surface area contributed by atoms with Gasteiger partial charge in [0.25, 0.3) is 10.0 Å². The highest BCUT2D eigenvalue weighted by Crippen LogP contribution is 2.45. The largest absolute Gasteiger partial charge is 0.492 e. The summed E-state index contributed by atoms with van der Waals surface area (Å²) in [5.41, 5.74) is 5.24. The number of nitrogens with zero attached hydrogens (tertiary/aromatic N) is 1. The SMILES string of the molecule is Cc1cc(C)c2c(c1)N(CC(=O)NCCOc1ccc(C(C)(C)C)cc1)S(=O)(=O)c1ccccc1-2. The maximum atomic E-state index is 13.5. The number of aryl methyl sites for hydroxylation is 2. The Morgan fingerprint density at radius 1 is 1.00 bits per heavy atom. The van der Waals surface area contributed by atoms with E-state index >= 15 is 0 Å². The predicted octanol–water partition coefficient (Wildman–Crippen LogP) is 4.97. The van der Waals surface area contributed by atoms with Crippen molar-refractivity contribution in [2.24, 2.45) is 0 Å². The molecule has 3 aromatic rings. The van der Waals surface area contributed by atoms with E-state index in [2.05, 4.69) is 26.1 Å². The van der Waals surface area contributed by atoms with Crippen LogP contribution in [-0.2, 0) is 20.2 Å². The molecule has 1 heterocycles. The summed E-state index contributed by atoms with van der Waals surface area (Å²) in [6.45, 7) is 10.6. The zero-order valence-electron chi connectivity index (χ0n) is 20.9. The number of carbonyl (C=O) groups excluding carboxylic acids is 1. The highest BCUT2D eigenvalue weighted by Gasteiger charge is 2.36. The second kappa shape index (κ2) is 9.38. The van der Waals surface area contributed by atoms with Crippen LogP contribution in [0.3, 0.4) is 0 Å². The standard InChI is InChI=1S/C28H32N2O4S/c1-19-16-20(2)27-23-8-6-7-9-25(23)35(32,33)30(24(27)17-19)18-26(31)29-14-15-34-22-12-10-21(11-13-22)28(3,4)5/h6-13,16-17H,14-15,18H2,1-5H3,(H,29,31). The predicted molar refractivity (Wildman–Crippen MR) is 140 cm³/mol. The number of nitrogens with one attached hydrogen (secondary N) is 1. The molecule has 0 unspecified atom stereocenters. The van der Waals surface area contributed by atoms with E-state index in [0.29, 0.717) is 11.3 Å². The molecule has 0 saturated carbocycles. The van der Waals surface area contributed by atoms with E-state index < -0.39 is 10.0 Å². The number of fused-ring (bicyclic) bond motifs is 3. The molecule has 184 valence electrons. The van der Waals surface area contributed by atoms with Crippen LogP contribution in [0, 0.1) is 13.8 Å². The van der Waals surface area contributed by atoms with Gasteiger partial charge in [-0.15, -0.1) is 0 Å². The fourth-order valence-electron chi connectivity index (χ4n) is 4.41. The molecule has 0 spiro atoms. The van der Waals surface area contributed by atoms with Gasteiger partial charge >= 0.3 is 0 Å². The number of rotatable bonds is 6. The number of sulfonamides is 1. The first kappa shape index (κ1) is 24.8. The van der Waals surface area contributed by atoms with Crippen molar-refractivity contribution < 1.29 is 17.9 Å². The van der Waals surface area contributed by atoms with Crippen molar-refractivity contribution in [1.29, 1.82) is 0 Å². The molecule has 0 radical (unpaired) electrons. The van der Waals surface area contributed by atoms with Crippen LogP contribution in [0.1, 0.15) is 37.5 Å². The average Bonchev–Trinajstić information content (AvgIpc) is 2.79. The summed E-state index contributed by atoms with van der Waals surface area (Å²) in [6, 6.07) is 18.7. The van der Waals surface area contributed by atoms with Gasteiger partial charge in [-0.3, -0.25) is 9.10 Å². The first-order chi connectivity index (χ1) is 16.5. The normalized spacial score (nSPS) is 14.1. The minimum absolute atomic E-state index is 0.0670. The van der Waals surface area contributed by atoms with Crippen LogP contribution in [0.2, 0.25) is 0 Å². The van der Waals surface area contributed by atoms with Crippen molar-refractivity contribution in [3.63, 3.8) is 0 Å². The van der Waals surface area contributed by atoms with Crippen LogP contribution >= 0.6 is 0 Å². The lowest BCUT2D eigenvalue weighted by atomic mass is 9.87. The highest BCUT2D eigenvalue weighted by molar-refractivity contribution is 7.93. The Bertz CT molecular complexity index is 1360. The zero-order valence-corrected chi connectivity index (χ0v) is 21.7. The Morgan fingerprint density at radius 2 is 1.69 bits per heavy atom. The Labute approximate surface area is 208 Å². The molecule has 1 aliphatic rings. The number of benzene rings is 3. The van der Waals surface area contributed by atoms with Gasteiger partial charge in [-0.1, -0.05) is 57.2 Å². The quantitative estimate of drug-likeness (QED) is 0.493.